The molecule has 2 aromatic rings. The van der Waals surface area contributed by atoms with Crippen LogP contribution in [-0.4, -0.2) is 42.2 Å². The normalized spacial score (nSPS) is 16.9. The average molecular weight is 525 g/mol. The standard InChI is InChI=1S/C22H21Cl3FNO4.ClH/c23-13-9-16(24)14(17(25)10-13)11-30-18-2-1-15-21(20(18)26)31-12-22(15)4-7-27(8-5-22)6-3-19(28)29;/h1-2,9-10H,3-8,11-12H2,(H,28,29);1H. The molecule has 5 nitrogen and oxygen atoms in total. The highest BCUT2D eigenvalue weighted by atomic mass is 35.5. The summed E-state index contributed by atoms with van der Waals surface area (Å²) in [6.45, 7) is 2.43. The molecule has 2 aliphatic rings. The Hall–Kier alpha value is -1.44. The van der Waals surface area contributed by atoms with Gasteiger partial charge in [-0.2, -0.15) is 4.39 Å². The quantitative estimate of drug-likeness (QED) is 0.503. The van der Waals surface area contributed by atoms with Crippen LogP contribution in [0, 0.1) is 5.82 Å². The Bertz CT molecular complexity index is 989. The van der Waals surface area contributed by atoms with E-state index >= 15 is 4.39 Å². The van der Waals surface area contributed by atoms with Gasteiger partial charge in [-0.05, 0) is 44.1 Å². The third kappa shape index (κ3) is 5.05. The summed E-state index contributed by atoms with van der Waals surface area (Å²) in [5, 5.41) is 9.99. The average Bonchev–Trinajstić information content (AvgIpc) is 3.07. The lowest BCUT2D eigenvalue weighted by molar-refractivity contribution is -0.137. The van der Waals surface area contributed by atoms with Crippen molar-refractivity contribution in [3.05, 3.63) is 56.3 Å². The van der Waals surface area contributed by atoms with Gasteiger partial charge in [-0.25, -0.2) is 0 Å². The summed E-state index contributed by atoms with van der Waals surface area (Å²) in [7, 11) is 0. The molecule has 1 N–H and O–H groups in total. The largest absolute Gasteiger partial charge is 0.489 e. The number of hydrogen-bond donors (Lipinski definition) is 1. The first-order valence-corrected chi connectivity index (χ1v) is 11.1. The summed E-state index contributed by atoms with van der Waals surface area (Å²) in [6.07, 6.45) is 1.70. The van der Waals surface area contributed by atoms with Crippen LogP contribution in [0.3, 0.4) is 0 Å². The van der Waals surface area contributed by atoms with Crippen molar-refractivity contribution in [1.29, 1.82) is 0 Å². The third-order valence-electron chi connectivity index (χ3n) is 6.06. The van der Waals surface area contributed by atoms with Gasteiger partial charge in [0.2, 0.25) is 5.82 Å². The fourth-order valence-electron chi connectivity index (χ4n) is 4.23. The van der Waals surface area contributed by atoms with E-state index in [0.717, 1.165) is 31.5 Å². The Kier molecular flexibility index (Phi) is 8.05. The molecule has 1 saturated heterocycles. The fraction of sp³-hybridized carbons (Fsp3) is 0.409. The van der Waals surface area contributed by atoms with Crippen molar-refractivity contribution >= 4 is 53.2 Å². The lowest BCUT2D eigenvalue weighted by atomic mass is 9.74. The summed E-state index contributed by atoms with van der Waals surface area (Å²) in [5.74, 6) is -1.05. The zero-order chi connectivity index (χ0) is 22.2. The van der Waals surface area contributed by atoms with E-state index in [2.05, 4.69) is 4.90 Å². The van der Waals surface area contributed by atoms with Crippen LogP contribution in [0.25, 0.3) is 0 Å². The number of piperidine rings is 1. The van der Waals surface area contributed by atoms with E-state index in [-0.39, 0.29) is 42.3 Å². The number of likely N-dealkylation sites (tertiary alicyclic amines) is 1. The number of carbonyl (C=O) groups is 1. The molecule has 10 heteroatoms. The van der Waals surface area contributed by atoms with Crippen molar-refractivity contribution in [3.8, 4) is 11.5 Å². The number of benzene rings is 2. The van der Waals surface area contributed by atoms with Crippen molar-refractivity contribution in [2.24, 2.45) is 0 Å². The summed E-state index contributed by atoms with van der Waals surface area (Å²) >= 11 is 18.3. The number of ether oxygens (including phenoxy) is 2. The van der Waals surface area contributed by atoms with E-state index in [1.165, 1.54) is 0 Å². The van der Waals surface area contributed by atoms with E-state index in [1.54, 1.807) is 18.2 Å². The van der Waals surface area contributed by atoms with Crippen LogP contribution in [0.2, 0.25) is 15.1 Å². The first-order chi connectivity index (χ1) is 14.8. The summed E-state index contributed by atoms with van der Waals surface area (Å²) in [4.78, 5) is 12.9. The summed E-state index contributed by atoms with van der Waals surface area (Å²) in [5.41, 5.74) is 1.12. The second-order valence-electron chi connectivity index (χ2n) is 7.95. The van der Waals surface area contributed by atoms with Crippen LogP contribution in [0.1, 0.15) is 30.4 Å². The molecule has 0 amide bonds. The monoisotopic (exact) mass is 523 g/mol. The van der Waals surface area contributed by atoms with E-state index in [4.69, 9.17) is 49.4 Å². The molecule has 0 atom stereocenters. The number of nitrogens with zero attached hydrogens (tertiary/aromatic N) is 1. The molecule has 2 aliphatic heterocycles. The number of rotatable bonds is 6. The van der Waals surface area contributed by atoms with E-state index in [9.17, 15) is 4.79 Å². The summed E-state index contributed by atoms with van der Waals surface area (Å²) < 4.78 is 26.6. The fourth-order valence-corrected chi connectivity index (χ4v) is 5.15. The van der Waals surface area contributed by atoms with E-state index in [0.29, 0.717) is 33.8 Å². The van der Waals surface area contributed by atoms with Crippen LogP contribution in [-0.2, 0) is 16.8 Å². The SMILES string of the molecule is Cl.O=C(O)CCN1CCC2(CC1)COc1c2ccc(OCc2c(Cl)cc(Cl)cc2Cl)c1F. The van der Waals surface area contributed by atoms with Crippen molar-refractivity contribution in [1.82, 2.24) is 4.90 Å². The Labute approximate surface area is 206 Å². The molecular weight excluding hydrogens is 503 g/mol. The molecular formula is C22H22Cl4FNO4. The van der Waals surface area contributed by atoms with Crippen molar-refractivity contribution < 1.29 is 23.8 Å². The first-order valence-electron chi connectivity index (χ1n) is 9.95. The molecule has 2 heterocycles. The molecule has 0 aromatic heterocycles. The predicted octanol–water partition coefficient (Wildman–Crippen LogP) is 5.99. The van der Waals surface area contributed by atoms with Crippen LogP contribution in [0.15, 0.2) is 24.3 Å². The maximum absolute atomic E-state index is 15.2. The minimum atomic E-state index is -0.800. The molecule has 4 rings (SSSR count). The number of fused-ring (bicyclic) bond motifs is 2. The van der Waals surface area contributed by atoms with Crippen molar-refractivity contribution in [2.75, 3.05) is 26.2 Å². The maximum atomic E-state index is 15.2. The first kappa shape index (κ1) is 25.2. The molecule has 1 fully saturated rings. The Balaban J connectivity index is 0.00000289. The molecule has 0 saturated carbocycles. The number of hydrogen-bond acceptors (Lipinski definition) is 4. The molecule has 174 valence electrons. The lowest BCUT2D eigenvalue weighted by Crippen LogP contribution is -2.44. The second-order valence-corrected chi connectivity index (χ2v) is 9.20. The topological polar surface area (TPSA) is 59.0 Å². The third-order valence-corrected chi connectivity index (χ3v) is 6.95. The lowest BCUT2D eigenvalue weighted by Gasteiger charge is -2.38. The maximum Gasteiger partial charge on any atom is 0.304 e. The van der Waals surface area contributed by atoms with Gasteiger partial charge < -0.3 is 19.5 Å². The second kappa shape index (κ2) is 10.2. The predicted molar refractivity (Wildman–Crippen MR) is 125 cm³/mol. The zero-order valence-corrected chi connectivity index (χ0v) is 20.1. The van der Waals surface area contributed by atoms with Gasteiger partial charge in [0.05, 0.1) is 23.1 Å². The smallest absolute Gasteiger partial charge is 0.304 e. The number of aliphatic carboxylic acids is 1. The van der Waals surface area contributed by atoms with Crippen LogP contribution < -0.4 is 9.47 Å². The van der Waals surface area contributed by atoms with Gasteiger partial charge >= 0.3 is 5.97 Å². The number of halogens is 5. The van der Waals surface area contributed by atoms with Crippen LogP contribution >= 0.6 is 47.2 Å². The highest BCUT2D eigenvalue weighted by Gasteiger charge is 2.44. The number of carboxylic acids is 1. The minimum Gasteiger partial charge on any atom is -0.489 e. The van der Waals surface area contributed by atoms with Crippen LogP contribution in [0.4, 0.5) is 4.39 Å². The molecule has 0 aliphatic carbocycles. The van der Waals surface area contributed by atoms with Crippen molar-refractivity contribution in [3.63, 3.8) is 0 Å². The Morgan fingerprint density at radius 2 is 1.84 bits per heavy atom. The molecule has 2 aromatic carbocycles. The highest BCUT2D eigenvalue weighted by Crippen LogP contribution is 2.48. The van der Waals surface area contributed by atoms with Gasteiger partial charge in [0.1, 0.15) is 6.61 Å². The van der Waals surface area contributed by atoms with E-state index in [1.807, 2.05) is 6.07 Å². The van der Waals surface area contributed by atoms with Gasteiger partial charge in [-0.3, -0.25) is 4.79 Å². The Morgan fingerprint density at radius 1 is 1.19 bits per heavy atom. The highest BCUT2D eigenvalue weighted by molar-refractivity contribution is 6.39. The molecule has 1 spiro atoms. The van der Waals surface area contributed by atoms with Gasteiger partial charge in [0.25, 0.3) is 0 Å². The zero-order valence-electron chi connectivity index (χ0n) is 17.0. The molecule has 0 radical (unpaired) electrons. The summed E-state index contributed by atoms with van der Waals surface area (Å²) in [6, 6.07) is 6.59. The Morgan fingerprint density at radius 3 is 2.47 bits per heavy atom. The van der Waals surface area contributed by atoms with Gasteiger partial charge in [0.15, 0.2) is 11.5 Å². The molecule has 32 heavy (non-hydrogen) atoms. The minimum absolute atomic E-state index is 0. The van der Waals surface area contributed by atoms with Crippen molar-refractivity contribution in [2.45, 2.75) is 31.3 Å². The molecule has 0 bridgehead atoms. The van der Waals surface area contributed by atoms with Gasteiger partial charge in [-0.15, -0.1) is 12.4 Å². The molecule has 0 unspecified atom stereocenters. The number of carboxylic acid groups (broad SMARTS) is 1. The van der Waals surface area contributed by atoms with Gasteiger partial charge in [-0.1, -0.05) is 40.9 Å². The van der Waals surface area contributed by atoms with Gasteiger partial charge in [0, 0.05) is 28.1 Å². The van der Waals surface area contributed by atoms with E-state index < -0.39 is 11.8 Å². The van der Waals surface area contributed by atoms with Crippen LogP contribution in [0.5, 0.6) is 11.5 Å².